The third-order valence-electron chi connectivity index (χ3n) is 4.86. The molecule has 0 bridgehead atoms. The molecule has 2 aromatic heterocycles. The van der Waals surface area contributed by atoms with Crippen LogP contribution in [0, 0.1) is 25.2 Å². The third kappa shape index (κ3) is 3.55. The number of carbonyl (C=O) groups excluding carboxylic acids is 2. The fourth-order valence-corrected chi connectivity index (χ4v) is 4.58. The van der Waals surface area contributed by atoms with E-state index in [2.05, 4.69) is 10.4 Å². The molecule has 0 radical (unpaired) electrons. The van der Waals surface area contributed by atoms with E-state index in [4.69, 9.17) is 4.74 Å². The lowest BCUT2D eigenvalue weighted by Gasteiger charge is -2.12. The number of rotatable bonds is 4. The van der Waals surface area contributed by atoms with Crippen LogP contribution >= 0.6 is 11.3 Å². The molecule has 0 saturated carbocycles. The lowest BCUT2D eigenvalue weighted by Crippen LogP contribution is -2.32. The molecule has 28 heavy (non-hydrogen) atoms. The first-order valence-corrected chi connectivity index (χ1v) is 9.70. The Morgan fingerprint density at radius 3 is 2.71 bits per heavy atom. The van der Waals surface area contributed by atoms with Gasteiger partial charge in [0.1, 0.15) is 23.2 Å². The number of nitriles is 1. The van der Waals surface area contributed by atoms with E-state index in [-0.39, 0.29) is 12.1 Å². The largest absolute Gasteiger partial charge is 0.465 e. The number of ether oxygens (including phenoxy) is 1. The Labute approximate surface area is 165 Å². The Morgan fingerprint density at radius 1 is 1.32 bits per heavy atom. The van der Waals surface area contributed by atoms with Gasteiger partial charge in [-0.2, -0.15) is 10.4 Å². The van der Waals surface area contributed by atoms with Gasteiger partial charge in [-0.1, -0.05) is 0 Å². The molecule has 1 aliphatic carbocycles. The van der Waals surface area contributed by atoms with E-state index in [1.807, 2.05) is 6.07 Å². The zero-order valence-corrected chi connectivity index (χ0v) is 16.7. The maximum atomic E-state index is 12.6. The zero-order chi connectivity index (χ0) is 20.4. The highest BCUT2D eigenvalue weighted by Crippen LogP contribution is 2.38. The number of amides is 1. The molecule has 1 N–H and O–H groups in total. The molecule has 1 amide bonds. The van der Waals surface area contributed by atoms with E-state index >= 15 is 0 Å². The minimum absolute atomic E-state index is 0.0258. The van der Waals surface area contributed by atoms with Crippen molar-refractivity contribution >= 4 is 28.2 Å². The van der Waals surface area contributed by atoms with E-state index < -0.39 is 17.4 Å². The van der Waals surface area contributed by atoms with E-state index in [9.17, 15) is 19.6 Å². The number of aryl methyl sites for hydroxylation is 2. The van der Waals surface area contributed by atoms with Crippen molar-refractivity contribution in [1.29, 1.82) is 5.26 Å². The van der Waals surface area contributed by atoms with Crippen LogP contribution in [0.2, 0.25) is 0 Å². The molecule has 8 nitrogen and oxygen atoms in total. The molecule has 0 spiro atoms. The van der Waals surface area contributed by atoms with Crippen LogP contribution in [0.1, 0.15) is 50.5 Å². The van der Waals surface area contributed by atoms with Crippen LogP contribution in [-0.4, -0.2) is 28.8 Å². The quantitative estimate of drug-likeness (QED) is 0.786. The number of aromatic nitrogens is 2. The monoisotopic (exact) mass is 400 g/mol. The van der Waals surface area contributed by atoms with Gasteiger partial charge < -0.3 is 10.1 Å². The number of thiophene rings is 1. The molecule has 0 atom stereocenters. The summed E-state index contributed by atoms with van der Waals surface area (Å²) in [5, 5.41) is 16.5. The Balaban J connectivity index is 1.90. The maximum Gasteiger partial charge on any atom is 0.341 e. The molecule has 1 aliphatic rings. The molecule has 0 unspecified atom stereocenters. The van der Waals surface area contributed by atoms with Crippen LogP contribution in [0.5, 0.6) is 0 Å². The first-order valence-electron chi connectivity index (χ1n) is 8.88. The molecular weight excluding hydrogens is 380 g/mol. The molecule has 3 rings (SSSR count). The molecule has 146 valence electrons. The molecule has 0 fully saturated rings. The minimum atomic E-state index is -0.612. The number of methoxy groups -OCH3 is 1. The first-order chi connectivity index (χ1) is 13.4. The average Bonchev–Trinajstić information content (AvgIpc) is 3.03. The second-order valence-electron chi connectivity index (χ2n) is 6.61. The summed E-state index contributed by atoms with van der Waals surface area (Å²) in [5.41, 5.74) is 1.70. The van der Waals surface area contributed by atoms with Crippen molar-refractivity contribution in [3.05, 3.63) is 43.2 Å². The van der Waals surface area contributed by atoms with Crippen LogP contribution in [-0.2, 0) is 28.9 Å². The van der Waals surface area contributed by atoms with Gasteiger partial charge in [0, 0.05) is 4.88 Å². The van der Waals surface area contributed by atoms with Crippen LogP contribution in [0.25, 0.3) is 0 Å². The predicted molar refractivity (Wildman–Crippen MR) is 104 cm³/mol. The Morgan fingerprint density at radius 2 is 2.04 bits per heavy atom. The Bertz CT molecular complexity index is 1060. The molecular formula is C19H20N4O4S. The number of hydrogen-bond acceptors (Lipinski definition) is 7. The number of nitrogens with zero attached hydrogens (tertiary/aromatic N) is 3. The molecule has 0 saturated heterocycles. The van der Waals surface area contributed by atoms with Crippen LogP contribution < -0.4 is 10.9 Å². The lowest BCUT2D eigenvalue weighted by atomic mass is 9.95. The van der Waals surface area contributed by atoms with Crippen molar-refractivity contribution < 1.29 is 14.3 Å². The van der Waals surface area contributed by atoms with Crippen molar-refractivity contribution in [1.82, 2.24) is 9.78 Å². The van der Waals surface area contributed by atoms with Gasteiger partial charge >= 0.3 is 5.97 Å². The number of fused-ring (bicyclic) bond motifs is 1. The highest BCUT2D eigenvalue weighted by Gasteiger charge is 2.27. The summed E-state index contributed by atoms with van der Waals surface area (Å²) in [4.78, 5) is 38.3. The first kappa shape index (κ1) is 19.8. The van der Waals surface area contributed by atoms with E-state index in [0.29, 0.717) is 21.8 Å². The van der Waals surface area contributed by atoms with Gasteiger partial charge in [0.05, 0.1) is 18.4 Å². The summed E-state index contributed by atoms with van der Waals surface area (Å²) in [6.07, 6.45) is 3.67. The summed E-state index contributed by atoms with van der Waals surface area (Å²) in [6.45, 7) is 2.97. The summed E-state index contributed by atoms with van der Waals surface area (Å²) in [7, 11) is 1.31. The standard InChI is InChI=1S/C19H20N4O4S/c1-10-11(2)22-23(18(25)13(10)8-20)9-15(24)21-17-16(19(26)27-3)12-6-4-5-7-14(12)28-17/h4-7,9H2,1-3H3,(H,21,24). The van der Waals surface area contributed by atoms with Crippen LogP contribution in [0.4, 0.5) is 5.00 Å². The van der Waals surface area contributed by atoms with E-state index in [1.165, 1.54) is 18.4 Å². The van der Waals surface area contributed by atoms with E-state index in [1.54, 1.807) is 13.8 Å². The zero-order valence-electron chi connectivity index (χ0n) is 15.9. The number of anilines is 1. The van der Waals surface area contributed by atoms with Crippen molar-refractivity contribution in [2.45, 2.75) is 46.1 Å². The maximum absolute atomic E-state index is 12.6. The second-order valence-corrected chi connectivity index (χ2v) is 7.72. The number of hydrogen-bond donors (Lipinski definition) is 1. The molecule has 0 aliphatic heterocycles. The van der Waals surface area contributed by atoms with Gasteiger partial charge in [-0.25, -0.2) is 9.48 Å². The Hall–Kier alpha value is -2.99. The number of esters is 1. The summed E-state index contributed by atoms with van der Waals surface area (Å²) in [5.74, 6) is -0.978. The normalized spacial score (nSPS) is 12.8. The van der Waals surface area contributed by atoms with E-state index in [0.717, 1.165) is 40.8 Å². The highest BCUT2D eigenvalue weighted by atomic mass is 32.1. The average molecular weight is 400 g/mol. The summed E-state index contributed by atoms with van der Waals surface area (Å²) >= 11 is 1.37. The summed E-state index contributed by atoms with van der Waals surface area (Å²) in [6, 6.07) is 1.87. The fraction of sp³-hybridized carbons (Fsp3) is 0.421. The number of carbonyl (C=O) groups is 2. The topological polar surface area (TPSA) is 114 Å². The fourth-order valence-electron chi connectivity index (χ4n) is 3.28. The highest BCUT2D eigenvalue weighted by molar-refractivity contribution is 7.17. The predicted octanol–water partition coefficient (Wildman–Crippen LogP) is 2.10. The SMILES string of the molecule is COC(=O)c1c(NC(=O)Cn2nc(C)c(C)c(C#N)c2=O)sc2c1CCCC2. The molecule has 2 aromatic rings. The van der Waals surface area contributed by atoms with Crippen LogP contribution in [0.15, 0.2) is 4.79 Å². The second kappa shape index (κ2) is 7.94. The van der Waals surface area contributed by atoms with Gasteiger partial charge in [0.15, 0.2) is 0 Å². The van der Waals surface area contributed by atoms with Gasteiger partial charge in [0.25, 0.3) is 5.56 Å². The van der Waals surface area contributed by atoms with Gasteiger partial charge in [-0.15, -0.1) is 11.3 Å². The minimum Gasteiger partial charge on any atom is -0.465 e. The summed E-state index contributed by atoms with van der Waals surface area (Å²) < 4.78 is 5.87. The lowest BCUT2D eigenvalue weighted by molar-refractivity contribution is -0.117. The van der Waals surface area contributed by atoms with Crippen molar-refractivity contribution in [3.8, 4) is 6.07 Å². The van der Waals surface area contributed by atoms with Crippen molar-refractivity contribution in [2.24, 2.45) is 0 Å². The van der Waals surface area contributed by atoms with Crippen molar-refractivity contribution in [3.63, 3.8) is 0 Å². The molecule has 0 aromatic carbocycles. The molecule has 2 heterocycles. The smallest absolute Gasteiger partial charge is 0.341 e. The Kier molecular flexibility index (Phi) is 5.61. The third-order valence-corrected chi connectivity index (χ3v) is 6.06. The van der Waals surface area contributed by atoms with Crippen molar-refractivity contribution in [2.75, 3.05) is 12.4 Å². The van der Waals surface area contributed by atoms with Gasteiger partial charge in [-0.3, -0.25) is 9.59 Å². The van der Waals surface area contributed by atoms with Gasteiger partial charge in [-0.05, 0) is 50.7 Å². The number of nitrogens with one attached hydrogen (secondary N) is 1. The molecule has 9 heteroatoms. The van der Waals surface area contributed by atoms with Crippen LogP contribution in [0.3, 0.4) is 0 Å². The van der Waals surface area contributed by atoms with Gasteiger partial charge in [0.2, 0.25) is 5.91 Å².